The van der Waals surface area contributed by atoms with Crippen molar-refractivity contribution in [3.8, 4) is 11.5 Å². The molecular formula is C13H15BrN2O2. The van der Waals surface area contributed by atoms with E-state index >= 15 is 0 Å². The van der Waals surface area contributed by atoms with E-state index in [1.165, 1.54) is 0 Å². The molecule has 5 heteroatoms. The molecule has 0 radical (unpaired) electrons. The van der Waals surface area contributed by atoms with Crippen LogP contribution in [0.5, 0.6) is 11.5 Å². The Morgan fingerprint density at radius 3 is 2.61 bits per heavy atom. The van der Waals surface area contributed by atoms with E-state index in [-0.39, 0.29) is 5.75 Å². The lowest BCUT2D eigenvalue weighted by Gasteiger charge is -2.08. The van der Waals surface area contributed by atoms with E-state index in [1.807, 2.05) is 27.0 Å². The van der Waals surface area contributed by atoms with Crippen LogP contribution in [-0.2, 0) is 13.7 Å². The summed E-state index contributed by atoms with van der Waals surface area (Å²) in [5.74, 6) is 0.864. The summed E-state index contributed by atoms with van der Waals surface area (Å²) in [6.07, 6.45) is 0. The van der Waals surface area contributed by atoms with Gasteiger partial charge in [0.05, 0.1) is 15.9 Å². The molecule has 0 aliphatic heterocycles. The molecule has 0 aliphatic rings. The Morgan fingerprint density at radius 2 is 2.06 bits per heavy atom. The fourth-order valence-electron chi connectivity index (χ4n) is 1.80. The van der Waals surface area contributed by atoms with Crippen LogP contribution < -0.4 is 4.74 Å². The van der Waals surface area contributed by atoms with Crippen molar-refractivity contribution in [1.82, 2.24) is 9.78 Å². The predicted molar refractivity (Wildman–Crippen MR) is 72.8 cm³/mol. The molecule has 1 aromatic heterocycles. The van der Waals surface area contributed by atoms with Crippen molar-refractivity contribution in [2.24, 2.45) is 7.05 Å². The number of nitrogens with zero attached hydrogens (tertiary/aromatic N) is 2. The lowest BCUT2D eigenvalue weighted by atomic mass is 10.2. The second kappa shape index (κ2) is 5.02. The van der Waals surface area contributed by atoms with Crippen molar-refractivity contribution in [3.05, 3.63) is 39.6 Å². The van der Waals surface area contributed by atoms with Crippen molar-refractivity contribution in [2.45, 2.75) is 20.5 Å². The van der Waals surface area contributed by atoms with Crippen LogP contribution in [0.3, 0.4) is 0 Å². The molecule has 2 rings (SSSR count). The first-order valence-corrected chi connectivity index (χ1v) is 6.38. The van der Waals surface area contributed by atoms with Crippen molar-refractivity contribution in [1.29, 1.82) is 0 Å². The van der Waals surface area contributed by atoms with Crippen LogP contribution in [0.15, 0.2) is 22.7 Å². The molecule has 1 N–H and O–H groups in total. The average molecular weight is 311 g/mol. The van der Waals surface area contributed by atoms with E-state index in [1.54, 1.807) is 16.8 Å². The molecule has 4 nitrogen and oxygen atoms in total. The molecule has 0 aliphatic carbocycles. The standard InChI is InChI=1S/C13H15BrN2O2/c1-8-4-10(17)6-11(5-8)18-7-12-13(14)9(2)15-16(12)3/h4-6,17H,7H2,1-3H3. The quantitative estimate of drug-likeness (QED) is 0.947. The van der Waals surface area contributed by atoms with Gasteiger partial charge in [-0.05, 0) is 47.5 Å². The van der Waals surface area contributed by atoms with Gasteiger partial charge in [-0.1, -0.05) is 0 Å². The van der Waals surface area contributed by atoms with E-state index in [4.69, 9.17) is 4.74 Å². The number of hydrogen-bond donors (Lipinski definition) is 1. The minimum Gasteiger partial charge on any atom is -0.508 e. The largest absolute Gasteiger partial charge is 0.508 e. The van der Waals surface area contributed by atoms with Crippen LogP contribution >= 0.6 is 15.9 Å². The average Bonchev–Trinajstić information content (AvgIpc) is 2.50. The number of halogens is 1. The summed E-state index contributed by atoms with van der Waals surface area (Å²) in [5, 5.41) is 13.8. The van der Waals surface area contributed by atoms with E-state index in [0.717, 1.165) is 21.4 Å². The second-order valence-corrected chi connectivity index (χ2v) is 5.06. The third kappa shape index (κ3) is 2.67. The third-order valence-electron chi connectivity index (χ3n) is 2.67. The summed E-state index contributed by atoms with van der Waals surface area (Å²) in [6, 6.07) is 5.18. The van der Waals surface area contributed by atoms with Gasteiger partial charge in [-0.2, -0.15) is 5.10 Å². The van der Waals surface area contributed by atoms with Gasteiger partial charge < -0.3 is 9.84 Å². The highest BCUT2D eigenvalue weighted by Crippen LogP contribution is 2.25. The zero-order valence-electron chi connectivity index (χ0n) is 10.6. The number of rotatable bonds is 3. The van der Waals surface area contributed by atoms with Crippen LogP contribution in [0.2, 0.25) is 0 Å². The predicted octanol–water partition coefficient (Wildman–Crippen LogP) is 3.08. The molecule has 0 amide bonds. The van der Waals surface area contributed by atoms with E-state index in [2.05, 4.69) is 21.0 Å². The molecule has 0 fully saturated rings. The number of aromatic nitrogens is 2. The van der Waals surface area contributed by atoms with Gasteiger partial charge in [0.1, 0.15) is 18.1 Å². The Morgan fingerprint density at radius 1 is 1.33 bits per heavy atom. The molecule has 0 unspecified atom stereocenters. The first kappa shape index (κ1) is 13.0. The van der Waals surface area contributed by atoms with Crippen LogP contribution in [0, 0.1) is 13.8 Å². The van der Waals surface area contributed by atoms with Crippen molar-refractivity contribution >= 4 is 15.9 Å². The summed E-state index contributed by atoms with van der Waals surface area (Å²) < 4.78 is 8.42. The van der Waals surface area contributed by atoms with E-state index in [9.17, 15) is 5.11 Å². The van der Waals surface area contributed by atoms with Crippen molar-refractivity contribution < 1.29 is 9.84 Å². The van der Waals surface area contributed by atoms with Crippen LogP contribution in [0.4, 0.5) is 0 Å². The molecular weight excluding hydrogens is 296 g/mol. The molecule has 2 aromatic rings. The molecule has 96 valence electrons. The molecule has 1 aromatic carbocycles. The molecule has 0 saturated heterocycles. The fourth-order valence-corrected chi connectivity index (χ4v) is 2.25. The highest BCUT2D eigenvalue weighted by atomic mass is 79.9. The maximum atomic E-state index is 9.50. The number of phenolic OH excluding ortho intramolecular Hbond substituents is 1. The van der Waals surface area contributed by atoms with Gasteiger partial charge in [-0.3, -0.25) is 4.68 Å². The lowest BCUT2D eigenvalue weighted by Crippen LogP contribution is -2.03. The van der Waals surface area contributed by atoms with Crippen molar-refractivity contribution in [2.75, 3.05) is 0 Å². The van der Waals surface area contributed by atoms with Gasteiger partial charge >= 0.3 is 0 Å². The summed E-state index contributed by atoms with van der Waals surface area (Å²) in [7, 11) is 1.88. The minimum absolute atomic E-state index is 0.213. The summed E-state index contributed by atoms with van der Waals surface area (Å²) in [4.78, 5) is 0. The Hall–Kier alpha value is -1.49. The Kier molecular flexibility index (Phi) is 3.61. The van der Waals surface area contributed by atoms with Crippen LogP contribution in [0.1, 0.15) is 17.0 Å². The fraction of sp³-hybridized carbons (Fsp3) is 0.308. The Labute approximate surface area is 114 Å². The lowest BCUT2D eigenvalue weighted by molar-refractivity contribution is 0.292. The molecule has 0 atom stereocenters. The monoisotopic (exact) mass is 310 g/mol. The molecule has 0 bridgehead atoms. The number of aryl methyl sites for hydroxylation is 3. The zero-order valence-corrected chi connectivity index (χ0v) is 12.2. The maximum Gasteiger partial charge on any atom is 0.131 e. The van der Waals surface area contributed by atoms with E-state index in [0.29, 0.717) is 12.4 Å². The van der Waals surface area contributed by atoms with Gasteiger partial charge in [0.25, 0.3) is 0 Å². The van der Waals surface area contributed by atoms with Crippen LogP contribution in [0.25, 0.3) is 0 Å². The number of benzene rings is 1. The van der Waals surface area contributed by atoms with Crippen molar-refractivity contribution in [3.63, 3.8) is 0 Å². The summed E-state index contributed by atoms with van der Waals surface area (Å²) in [5.41, 5.74) is 2.86. The molecule has 18 heavy (non-hydrogen) atoms. The molecule has 0 spiro atoms. The highest BCUT2D eigenvalue weighted by Gasteiger charge is 2.11. The van der Waals surface area contributed by atoms with Gasteiger partial charge in [-0.25, -0.2) is 0 Å². The number of phenols is 1. The normalized spacial score (nSPS) is 10.7. The van der Waals surface area contributed by atoms with E-state index < -0.39 is 0 Å². The minimum atomic E-state index is 0.213. The third-order valence-corrected chi connectivity index (χ3v) is 3.70. The maximum absolute atomic E-state index is 9.50. The molecule has 0 saturated carbocycles. The van der Waals surface area contributed by atoms with Crippen LogP contribution in [-0.4, -0.2) is 14.9 Å². The summed E-state index contributed by atoms with van der Waals surface area (Å²) >= 11 is 3.49. The van der Waals surface area contributed by atoms with Gasteiger partial charge in [0.15, 0.2) is 0 Å². The number of aromatic hydroxyl groups is 1. The topological polar surface area (TPSA) is 47.3 Å². The zero-order chi connectivity index (χ0) is 13.3. The summed E-state index contributed by atoms with van der Waals surface area (Å²) in [6.45, 7) is 4.25. The first-order chi connectivity index (χ1) is 8.47. The Balaban J connectivity index is 2.16. The second-order valence-electron chi connectivity index (χ2n) is 4.26. The number of hydrogen-bond acceptors (Lipinski definition) is 3. The van der Waals surface area contributed by atoms with Gasteiger partial charge in [-0.15, -0.1) is 0 Å². The molecule has 1 heterocycles. The highest BCUT2D eigenvalue weighted by molar-refractivity contribution is 9.10. The number of ether oxygens (including phenoxy) is 1. The Bertz CT molecular complexity index is 558. The smallest absolute Gasteiger partial charge is 0.131 e. The van der Waals surface area contributed by atoms with Gasteiger partial charge in [0.2, 0.25) is 0 Å². The first-order valence-electron chi connectivity index (χ1n) is 5.59. The SMILES string of the molecule is Cc1cc(O)cc(OCc2c(Br)c(C)nn2C)c1. The van der Waals surface area contributed by atoms with Gasteiger partial charge in [0, 0.05) is 13.1 Å².